The third kappa shape index (κ3) is 4.33. The topological polar surface area (TPSA) is 115 Å². The van der Waals surface area contributed by atoms with Crippen molar-refractivity contribution in [3.63, 3.8) is 0 Å². The first-order valence-corrected chi connectivity index (χ1v) is 10.4. The molecule has 0 fully saturated rings. The number of ketones is 1. The molecule has 0 aliphatic heterocycles. The van der Waals surface area contributed by atoms with Gasteiger partial charge in [-0.1, -0.05) is 24.3 Å². The van der Waals surface area contributed by atoms with Gasteiger partial charge in [0.05, 0.1) is 26.8 Å². The molecule has 1 heterocycles. The van der Waals surface area contributed by atoms with Crippen LogP contribution < -0.4 is 10.2 Å². The number of H-pyrrole nitrogens is 1. The molecule has 0 saturated heterocycles. The van der Waals surface area contributed by atoms with Crippen LogP contribution in [0.25, 0.3) is 11.0 Å². The first-order chi connectivity index (χ1) is 15.8. The van der Waals surface area contributed by atoms with E-state index < -0.39 is 23.6 Å². The molecule has 3 aromatic carbocycles. The quantitative estimate of drug-likeness (QED) is 0.324. The summed E-state index contributed by atoms with van der Waals surface area (Å²) in [4.78, 5) is 45.2. The number of anilines is 2. The SMILES string of the molecule is CN(C(=O)O)c1nc2ccc(C(=O)c3ccccc3C(=O)Nc3cccc(Br)c3F)cc2[nH]1. The summed E-state index contributed by atoms with van der Waals surface area (Å²) in [5, 5.41) is 11.6. The molecule has 166 valence electrons. The second kappa shape index (κ2) is 8.83. The molecule has 4 rings (SSSR count). The summed E-state index contributed by atoms with van der Waals surface area (Å²) < 4.78 is 14.5. The standard InChI is InChI=1S/C23H16BrFN4O4/c1-29(23(32)33)22-27-16-10-9-12(11-18(16)28-22)20(30)13-5-2-3-6-14(13)21(31)26-17-8-4-7-15(24)19(17)25/h2-11H,1H3,(H,26,31)(H,27,28)(H,32,33). The molecule has 4 aromatic rings. The maximum Gasteiger partial charge on any atom is 0.413 e. The van der Waals surface area contributed by atoms with Gasteiger partial charge in [-0.25, -0.2) is 14.2 Å². The summed E-state index contributed by atoms with van der Waals surface area (Å²) in [6, 6.07) is 15.4. The second-order valence-corrected chi connectivity index (χ2v) is 7.92. The normalized spacial score (nSPS) is 10.8. The fourth-order valence-electron chi connectivity index (χ4n) is 3.21. The number of carbonyl (C=O) groups is 3. The highest BCUT2D eigenvalue weighted by Gasteiger charge is 2.21. The van der Waals surface area contributed by atoms with Crippen LogP contribution in [-0.2, 0) is 0 Å². The van der Waals surface area contributed by atoms with Crippen LogP contribution in [0.1, 0.15) is 26.3 Å². The Balaban J connectivity index is 1.66. The van der Waals surface area contributed by atoms with Crippen molar-refractivity contribution in [2.45, 2.75) is 0 Å². The highest BCUT2D eigenvalue weighted by Crippen LogP contribution is 2.25. The lowest BCUT2D eigenvalue weighted by Crippen LogP contribution is -2.24. The van der Waals surface area contributed by atoms with Crippen LogP contribution >= 0.6 is 15.9 Å². The van der Waals surface area contributed by atoms with E-state index in [1.165, 1.54) is 37.4 Å². The number of hydrogen-bond donors (Lipinski definition) is 3. The molecule has 0 saturated carbocycles. The van der Waals surface area contributed by atoms with Crippen LogP contribution in [0.3, 0.4) is 0 Å². The Morgan fingerprint density at radius 1 is 1.06 bits per heavy atom. The van der Waals surface area contributed by atoms with Gasteiger partial charge in [0.2, 0.25) is 5.95 Å². The molecule has 0 spiro atoms. The maximum atomic E-state index is 14.3. The zero-order valence-corrected chi connectivity index (χ0v) is 18.7. The van der Waals surface area contributed by atoms with Crippen molar-refractivity contribution < 1.29 is 23.9 Å². The van der Waals surface area contributed by atoms with Gasteiger partial charge in [0.25, 0.3) is 5.91 Å². The number of aromatic amines is 1. The van der Waals surface area contributed by atoms with E-state index in [2.05, 4.69) is 31.2 Å². The number of nitrogens with zero attached hydrogens (tertiary/aromatic N) is 2. The van der Waals surface area contributed by atoms with Crippen LogP contribution in [0.4, 0.5) is 20.8 Å². The molecule has 3 N–H and O–H groups in total. The van der Waals surface area contributed by atoms with Crippen molar-refractivity contribution in [3.8, 4) is 0 Å². The molecule has 8 nitrogen and oxygen atoms in total. The summed E-state index contributed by atoms with van der Waals surface area (Å²) in [5.74, 6) is -1.58. The Hall–Kier alpha value is -4.05. The van der Waals surface area contributed by atoms with Gasteiger partial charge in [0, 0.05) is 18.2 Å². The number of nitrogens with one attached hydrogen (secondary N) is 2. The lowest BCUT2D eigenvalue weighted by molar-refractivity contribution is 0.0996. The summed E-state index contributed by atoms with van der Waals surface area (Å²) in [6.07, 6.45) is -1.19. The van der Waals surface area contributed by atoms with E-state index in [4.69, 9.17) is 5.11 Å². The number of amides is 2. The molecule has 1 aromatic heterocycles. The first-order valence-electron chi connectivity index (χ1n) is 9.61. The minimum absolute atomic E-state index is 0.0226. The van der Waals surface area contributed by atoms with E-state index in [1.54, 1.807) is 30.3 Å². The van der Waals surface area contributed by atoms with Crippen molar-refractivity contribution in [1.82, 2.24) is 9.97 Å². The van der Waals surface area contributed by atoms with Gasteiger partial charge in [-0.05, 0) is 52.3 Å². The summed E-state index contributed by atoms with van der Waals surface area (Å²) >= 11 is 3.07. The van der Waals surface area contributed by atoms with E-state index >= 15 is 0 Å². The number of imidazole rings is 1. The van der Waals surface area contributed by atoms with E-state index in [0.29, 0.717) is 11.0 Å². The second-order valence-electron chi connectivity index (χ2n) is 7.06. The fraction of sp³-hybridized carbons (Fsp3) is 0.0435. The number of aromatic nitrogens is 2. The van der Waals surface area contributed by atoms with Gasteiger partial charge < -0.3 is 15.4 Å². The molecule has 2 amide bonds. The molecule has 0 bridgehead atoms. The third-order valence-electron chi connectivity index (χ3n) is 4.95. The van der Waals surface area contributed by atoms with Gasteiger partial charge in [-0.15, -0.1) is 0 Å². The maximum absolute atomic E-state index is 14.3. The fourth-order valence-corrected chi connectivity index (χ4v) is 3.58. The summed E-state index contributed by atoms with van der Waals surface area (Å²) in [6.45, 7) is 0. The number of hydrogen-bond acceptors (Lipinski definition) is 4. The highest BCUT2D eigenvalue weighted by atomic mass is 79.9. The van der Waals surface area contributed by atoms with Gasteiger partial charge in [0.15, 0.2) is 11.6 Å². The number of carboxylic acid groups (broad SMARTS) is 1. The van der Waals surface area contributed by atoms with Gasteiger partial charge >= 0.3 is 6.09 Å². The third-order valence-corrected chi connectivity index (χ3v) is 5.56. The average Bonchev–Trinajstić information content (AvgIpc) is 3.24. The number of carbonyl (C=O) groups excluding carboxylic acids is 2. The summed E-state index contributed by atoms with van der Waals surface area (Å²) in [5.41, 5.74) is 1.40. The molecular formula is C23H16BrFN4O4. The summed E-state index contributed by atoms with van der Waals surface area (Å²) in [7, 11) is 1.34. The smallest absolute Gasteiger partial charge is 0.413 e. The molecule has 0 unspecified atom stereocenters. The van der Waals surface area contributed by atoms with Crippen molar-refractivity contribution in [2.75, 3.05) is 17.3 Å². The van der Waals surface area contributed by atoms with Crippen LogP contribution in [0, 0.1) is 5.82 Å². The van der Waals surface area contributed by atoms with Gasteiger partial charge in [-0.3, -0.25) is 14.5 Å². The first kappa shape index (κ1) is 22.2. The number of benzene rings is 3. The average molecular weight is 511 g/mol. The minimum atomic E-state index is -1.19. The van der Waals surface area contributed by atoms with E-state index in [9.17, 15) is 18.8 Å². The lowest BCUT2D eigenvalue weighted by Gasteiger charge is -2.11. The van der Waals surface area contributed by atoms with Crippen molar-refractivity contribution in [3.05, 3.63) is 87.6 Å². The van der Waals surface area contributed by atoms with E-state index in [0.717, 1.165) is 4.90 Å². The largest absolute Gasteiger partial charge is 0.465 e. The zero-order valence-electron chi connectivity index (χ0n) is 17.1. The Kier molecular flexibility index (Phi) is 5.93. The van der Waals surface area contributed by atoms with Crippen molar-refractivity contribution >= 4 is 56.4 Å². The van der Waals surface area contributed by atoms with Crippen LogP contribution in [0.2, 0.25) is 0 Å². The number of halogens is 2. The van der Waals surface area contributed by atoms with E-state index in [1.807, 2.05) is 0 Å². The molecule has 0 radical (unpaired) electrons. The molecule has 0 aliphatic carbocycles. The zero-order chi connectivity index (χ0) is 23.7. The van der Waals surface area contributed by atoms with E-state index in [-0.39, 0.29) is 32.8 Å². The molecule has 0 aliphatic rings. The van der Waals surface area contributed by atoms with Gasteiger partial charge in [0.1, 0.15) is 0 Å². The van der Waals surface area contributed by atoms with Crippen LogP contribution in [0.15, 0.2) is 65.1 Å². The Bertz CT molecular complexity index is 1420. The van der Waals surface area contributed by atoms with Crippen LogP contribution in [-0.4, -0.2) is 39.9 Å². The number of fused-ring (bicyclic) bond motifs is 1. The van der Waals surface area contributed by atoms with Crippen LogP contribution in [0.5, 0.6) is 0 Å². The Morgan fingerprint density at radius 3 is 2.52 bits per heavy atom. The Morgan fingerprint density at radius 2 is 1.79 bits per heavy atom. The highest BCUT2D eigenvalue weighted by molar-refractivity contribution is 9.10. The minimum Gasteiger partial charge on any atom is -0.465 e. The molecule has 10 heteroatoms. The predicted molar refractivity (Wildman–Crippen MR) is 124 cm³/mol. The molecular weight excluding hydrogens is 495 g/mol. The molecule has 0 atom stereocenters. The monoisotopic (exact) mass is 510 g/mol. The Labute approximate surface area is 195 Å². The molecule has 33 heavy (non-hydrogen) atoms. The van der Waals surface area contributed by atoms with Crippen molar-refractivity contribution in [2.24, 2.45) is 0 Å². The van der Waals surface area contributed by atoms with Crippen molar-refractivity contribution in [1.29, 1.82) is 0 Å². The van der Waals surface area contributed by atoms with Gasteiger partial charge in [-0.2, -0.15) is 0 Å². The predicted octanol–water partition coefficient (Wildman–Crippen LogP) is 5.06. The lowest BCUT2D eigenvalue weighted by atomic mass is 9.97. The number of rotatable bonds is 5.